The highest BCUT2D eigenvalue weighted by Crippen LogP contribution is 2.12. The number of benzene rings is 1. The van der Waals surface area contributed by atoms with Crippen LogP contribution in [0, 0.1) is 5.92 Å². The zero-order chi connectivity index (χ0) is 26.5. The van der Waals surface area contributed by atoms with Gasteiger partial charge in [-0.15, -0.1) is 0 Å². The van der Waals surface area contributed by atoms with Crippen LogP contribution < -0.4 is 27.4 Å². The number of nitrogens with one attached hydrogen (secondary N) is 3. The molecule has 0 spiro atoms. The molecule has 1 aromatic rings. The molecule has 0 bridgehead atoms. The molecular formula is C23H37N5O7. The van der Waals surface area contributed by atoms with Gasteiger partial charge in [-0.3, -0.25) is 14.4 Å². The molecule has 0 saturated heterocycles. The summed E-state index contributed by atoms with van der Waals surface area (Å²) in [6.45, 7) is 3.08. The Morgan fingerprint density at radius 2 is 1.43 bits per heavy atom. The van der Waals surface area contributed by atoms with Crippen molar-refractivity contribution in [2.45, 2.75) is 63.7 Å². The van der Waals surface area contributed by atoms with Crippen LogP contribution in [0.4, 0.5) is 0 Å². The Hall–Kier alpha value is -3.22. The number of aliphatic carboxylic acids is 1. The highest BCUT2D eigenvalue weighted by atomic mass is 16.4. The van der Waals surface area contributed by atoms with Crippen LogP contribution in [0.3, 0.4) is 0 Å². The number of nitrogens with two attached hydrogens (primary N) is 2. The SMILES string of the molecule is CC(C)C(N)C(=O)NC(Cc1ccc(O)cc1)C(=O)NC(CO)C(=O)NC(CCCCN)C(=O)O. The Kier molecular flexibility index (Phi) is 12.7. The molecule has 0 saturated carbocycles. The van der Waals surface area contributed by atoms with E-state index in [1.807, 2.05) is 0 Å². The van der Waals surface area contributed by atoms with E-state index in [0.717, 1.165) is 0 Å². The maximum atomic E-state index is 13.0. The summed E-state index contributed by atoms with van der Waals surface area (Å²) in [6.07, 6.45) is 1.20. The molecule has 0 fully saturated rings. The van der Waals surface area contributed by atoms with Gasteiger partial charge in [0.25, 0.3) is 0 Å². The summed E-state index contributed by atoms with van der Waals surface area (Å²) >= 11 is 0. The lowest BCUT2D eigenvalue weighted by Gasteiger charge is -2.25. The van der Waals surface area contributed by atoms with Crippen LogP contribution in [-0.2, 0) is 25.6 Å². The van der Waals surface area contributed by atoms with Crippen molar-refractivity contribution in [2.75, 3.05) is 13.2 Å². The second-order valence-corrected chi connectivity index (χ2v) is 8.63. The molecule has 0 aromatic heterocycles. The van der Waals surface area contributed by atoms with Crippen molar-refractivity contribution >= 4 is 23.7 Å². The fourth-order valence-electron chi connectivity index (χ4n) is 3.14. The smallest absolute Gasteiger partial charge is 0.326 e. The average molecular weight is 496 g/mol. The first kappa shape index (κ1) is 29.8. The van der Waals surface area contributed by atoms with Gasteiger partial charge in [0.2, 0.25) is 17.7 Å². The van der Waals surface area contributed by atoms with Crippen molar-refractivity contribution in [2.24, 2.45) is 17.4 Å². The average Bonchev–Trinajstić information content (AvgIpc) is 2.81. The van der Waals surface area contributed by atoms with Crippen molar-refractivity contribution in [3.63, 3.8) is 0 Å². The number of unbranched alkanes of at least 4 members (excludes halogenated alkanes) is 1. The van der Waals surface area contributed by atoms with Gasteiger partial charge in [-0.25, -0.2) is 4.79 Å². The number of rotatable bonds is 15. The van der Waals surface area contributed by atoms with Gasteiger partial charge in [-0.1, -0.05) is 26.0 Å². The van der Waals surface area contributed by atoms with E-state index >= 15 is 0 Å². The molecule has 4 atom stereocenters. The second kappa shape index (κ2) is 14.9. The third kappa shape index (κ3) is 10.3. The van der Waals surface area contributed by atoms with E-state index in [4.69, 9.17) is 11.5 Å². The Balaban J connectivity index is 2.97. The molecule has 10 N–H and O–H groups in total. The summed E-state index contributed by atoms with van der Waals surface area (Å²) in [4.78, 5) is 49.6. The Morgan fingerprint density at radius 3 is 1.94 bits per heavy atom. The molecule has 35 heavy (non-hydrogen) atoms. The number of hydrogen-bond acceptors (Lipinski definition) is 8. The predicted molar refractivity (Wildman–Crippen MR) is 128 cm³/mol. The number of carboxylic acid groups (broad SMARTS) is 1. The molecular weight excluding hydrogens is 458 g/mol. The van der Waals surface area contributed by atoms with Gasteiger partial charge in [0.15, 0.2) is 0 Å². The van der Waals surface area contributed by atoms with Crippen molar-refractivity contribution in [1.82, 2.24) is 16.0 Å². The molecule has 12 heteroatoms. The Morgan fingerprint density at radius 1 is 0.886 bits per heavy atom. The van der Waals surface area contributed by atoms with Gasteiger partial charge in [-0.05, 0) is 49.4 Å². The molecule has 4 unspecified atom stereocenters. The Bertz CT molecular complexity index is 847. The van der Waals surface area contributed by atoms with Crippen molar-refractivity contribution in [1.29, 1.82) is 0 Å². The number of hydrogen-bond donors (Lipinski definition) is 8. The number of phenolic OH excluding ortho intramolecular Hbond substituents is 1. The van der Waals surface area contributed by atoms with E-state index in [0.29, 0.717) is 24.9 Å². The number of aliphatic hydroxyl groups excluding tert-OH is 1. The minimum atomic E-state index is -1.45. The molecule has 1 aromatic carbocycles. The minimum absolute atomic E-state index is 0.0132. The minimum Gasteiger partial charge on any atom is -0.508 e. The maximum Gasteiger partial charge on any atom is 0.326 e. The predicted octanol–water partition coefficient (Wildman–Crippen LogP) is -1.42. The van der Waals surface area contributed by atoms with E-state index in [1.165, 1.54) is 12.1 Å². The molecule has 0 aliphatic heterocycles. The fraction of sp³-hybridized carbons (Fsp3) is 0.565. The van der Waals surface area contributed by atoms with E-state index < -0.39 is 54.5 Å². The molecule has 0 heterocycles. The first-order chi connectivity index (χ1) is 16.5. The number of carboxylic acids is 1. The first-order valence-electron chi connectivity index (χ1n) is 11.5. The monoisotopic (exact) mass is 495 g/mol. The largest absolute Gasteiger partial charge is 0.508 e. The molecule has 12 nitrogen and oxygen atoms in total. The number of carbonyl (C=O) groups is 4. The summed E-state index contributed by atoms with van der Waals surface area (Å²) in [6, 6.07) is 1.29. The molecule has 0 aliphatic carbocycles. The van der Waals surface area contributed by atoms with Gasteiger partial charge in [0.05, 0.1) is 12.6 Å². The molecule has 196 valence electrons. The van der Waals surface area contributed by atoms with Crippen LogP contribution in [0.1, 0.15) is 38.7 Å². The zero-order valence-electron chi connectivity index (χ0n) is 20.1. The number of aromatic hydroxyl groups is 1. The van der Waals surface area contributed by atoms with Crippen LogP contribution in [-0.4, -0.2) is 76.3 Å². The number of aliphatic hydroxyl groups is 1. The topological polar surface area (TPSA) is 217 Å². The van der Waals surface area contributed by atoms with E-state index in [-0.39, 0.29) is 24.5 Å². The summed E-state index contributed by atoms with van der Waals surface area (Å²) in [5.41, 5.74) is 11.9. The molecule has 0 aliphatic rings. The van der Waals surface area contributed by atoms with Gasteiger partial charge in [-0.2, -0.15) is 0 Å². The summed E-state index contributed by atoms with van der Waals surface area (Å²) < 4.78 is 0. The molecule has 0 radical (unpaired) electrons. The third-order valence-electron chi connectivity index (χ3n) is 5.41. The highest BCUT2D eigenvalue weighted by Gasteiger charge is 2.30. The zero-order valence-corrected chi connectivity index (χ0v) is 20.1. The van der Waals surface area contributed by atoms with Crippen molar-refractivity contribution < 1.29 is 34.5 Å². The number of amides is 3. The van der Waals surface area contributed by atoms with Gasteiger partial charge >= 0.3 is 5.97 Å². The highest BCUT2D eigenvalue weighted by molar-refractivity contribution is 5.94. The molecule has 1 rings (SSSR count). The van der Waals surface area contributed by atoms with E-state index in [9.17, 15) is 34.5 Å². The van der Waals surface area contributed by atoms with Crippen LogP contribution >= 0.6 is 0 Å². The van der Waals surface area contributed by atoms with Gasteiger partial charge < -0.3 is 42.7 Å². The van der Waals surface area contributed by atoms with Gasteiger partial charge in [0, 0.05) is 6.42 Å². The lowest BCUT2D eigenvalue weighted by Crippen LogP contribution is -2.58. The maximum absolute atomic E-state index is 13.0. The summed E-state index contributed by atoms with van der Waals surface area (Å²) in [5.74, 6) is -3.65. The third-order valence-corrected chi connectivity index (χ3v) is 5.41. The number of phenols is 1. The van der Waals surface area contributed by atoms with Crippen LogP contribution in [0.2, 0.25) is 0 Å². The van der Waals surface area contributed by atoms with Crippen LogP contribution in [0.15, 0.2) is 24.3 Å². The van der Waals surface area contributed by atoms with Gasteiger partial charge in [0.1, 0.15) is 23.9 Å². The lowest BCUT2D eigenvalue weighted by atomic mass is 10.0. The fourth-order valence-corrected chi connectivity index (χ4v) is 3.14. The lowest BCUT2D eigenvalue weighted by molar-refractivity contribution is -0.142. The standard InChI is InChI=1S/C23H37N5O7/c1-13(2)19(25)22(33)27-17(11-14-6-8-15(30)9-7-14)20(31)28-18(12-29)21(32)26-16(23(34)35)5-3-4-10-24/h6-9,13,16-19,29-30H,3-5,10-12,24-25H2,1-2H3,(H,26,32)(H,27,33)(H,28,31)(H,34,35). The normalized spacial score (nSPS) is 14.5. The van der Waals surface area contributed by atoms with E-state index in [1.54, 1.807) is 26.0 Å². The Labute approximate surface area is 204 Å². The van der Waals surface area contributed by atoms with Crippen LogP contribution in [0.5, 0.6) is 5.75 Å². The molecule has 3 amide bonds. The summed E-state index contributed by atoms with van der Waals surface area (Å²) in [5, 5.41) is 35.8. The first-order valence-corrected chi connectivity index (χ1v) is 11.5. The van der Waals surface area contributed by atoms with Crippen molar-refractivity contribution in [3.8, 4) is 5.75 Å². The second-order valence-electron chi connectivity index (χ2n) is 8.63. The van der Waals surface area contributed by atoms with E-state index in [2.05, 4.69) is 16.0 Å². The quantitative estimate of drug-likeness (QED) is 0.134. The summed E-state index contributed by atoms with van der Waals surface area (Å²) in [7, 11) is 0. The van der Waals surface area contributed by atoms with Crippen LogP contribution in [0.25, 0.3) is 0 Å². The number of carbonyl (C=O) groups excluding carboxylic acids is 3. The van der Waals surface area contributed by atoms with Crippen molar-refractivity contribution in [3.05, 3.63) is 29.8 Å².